The second-order valence-electron chi connectivity index (χ2n) is 4.62. The zero-order chi connectivity index (χ0) is 11.5. The minimum Gasteiger partial charge on any atom is -0.325 e. The topological polar surface area (TPSA) is 3.24 Å². The molecule has 16 heavy (non-hydrogen) atoms. The third-order valence-corrected chi connectivity index (χ3v) is 3.67. The third-order valence-electron chi connectivity index (χ3n) is 3.67. The quantitative estimate of drug-likeness (QED) is 0.646. The molecule has 1 aromatic carbocycles. The third kappa shape index (κ3) is 1.93. The van der Waals surface area contributed by atoms with Gasteiger partial charge < -0.3 is 4.90 Å². The highest BCUT2D eigenvalue weighted by Gasteiger charge is 2.23. The van der Waals surface area contributed by atoms with Gasteiger partial charge in [0, 0.05) is 12.6 Å². The number of likely N-dealkylation sites (tertiary alicyclic amines) is 1. The lowest BCUT2D eigenvalue weighted by Gasteiger charge is -2.34. The first kappa shape index (κ1) is 11.1. The van der Waals surface area contributed by atoms with Gasteiger partial charge in [0.05, 0.1) is 6.04 Å². The molecule has 1 heterocycles. The van der Waals surface area contributed by atoms with Gasteiger partial charge in [-0.2, -0.15) is 0 Å². The Morgan fingerprint density at radius 2 is 2.12 bits per heavy atom. The van der Waals surface area contributed by atoms with Gasteiger partial charge in [0.2, 0.25) is 0 Å². The van der Waals surface area contributed by atoms with Crippen LogP contribution in [0.1, 0.15) is 42.0 Å². The van der Waals surface area contributed by atoms with Crippen LogP contribution >= 0.6 is 0 Å². The molecule has 0 aliphatic carbocycles. The molecule has 1 heteroatoms. The van der Waals surface area contributed by atoms with Gasteiger partial charge in [-0.05, 0) is 49.8 Å². The highest BCUT2D eigenvalue weighted by Crippen LogP contribution is 2.32. The van der Waals surface area contributed by atoms with E-state index in [1.807, 2.05) is 0 Å². The maximum Gasteiger partial charge on any atom is 0.0623 e. The van der Waals surface area contributed by atoms with Crippen LogP contribution in [0.3, 0.4) is 0 Å². The van der Waals surface area contributed by atoms with Crippen LogP contribution in [0.2, 0.25) is 0 Å². The van der Waals surface area contributed by atoms with Crippen molar-refractivity contribution in [1.29, 1.82) is 0 Å². The predicted octanol–water partition coefficient (Wildman–Crippen LogP) is 3.42. The van der Waals surface area contributed by atoms with Crippen molar-refractivity contribution in [3.05, 3.63) is 34.9 Å². The lowest BCUT2D eigenvalue weighted by Crippen LogP contribution is -2.29. The normalized spacial score (nSPS) is 20.6. The summed E-state index contributed by atoms with van der Waals surface area (Å²) in [5.74, 6) is 0. The van der Waals surface area contributed by atoms with Crippen LogP contribution in [0.25, 0.3) is 0 Å². The summed E-state index contributed by atoms with van der Waals surface area (Å²) in [6, 6.07) is 9.80. The molecule has 0 spiro atoms. The van der Waals surface area contributed by atoms with Gasteiger partial charge in [-0.25, -0.2) is 0 Å². The molecule has 1 aromatic rings. The zero-order valence-corrected chi connectivity index (χ0v) is 10.2. The molecule has 2 rings (SSSR count). The van der Waals surface area contributed by atoms with Crippen LogP contribution in [-0.2, 0) is 0 Å². The van der Waals surface area contributed by atoms with Crippen molar-refractivity contribution >= 4 is 0 Å². The van der Waals surface area contributed by atoms with E-state index in [-0.39, 0.29) is 0 Å². The van der Waals surface area contributed by atoms with Crippen LogP contribution < -0.4 is 0 Å². The Hall–Kier alpha value is -1.42. The molecule has 1 aliphatic heterocycles. The van der Waals surface area contributed by atoms with Crippen molar-refractivity contribution < 1.29 is 0 Å². The van der Waals surface area contributed by atoms with Crippen LogP contribution in [-0.4, -0.2) is 11.4 Å². The fraction of sp³-hybridized carbons (Fsp3) is 0.467. The Bertz CT molecular complexity index is 414. The van der Waals surface area contributed by atoms with Gasteiger partial charge >= 0.3 is 0 Å². The van der Waals surface area contributed by atoms with Crippen molar-refractivity contribution in [2.45, 2.75) is 39.2 Å². The molecule has 84 valence electrons. The smallest absolute Gasteiger partial charge is 0.0623 e. The standard InChI is InChI=1S/C15H19N/c1-4-16-11-6-5-10-15(16)14-9-7-8-12(2)13(14)3/h1,7-9,15H,5-6,10-11H2,2-3H3. The molecule has 1 unspecified atom stereocenters. The van der Waals surface area contributed by atoms with Gasteiger partial charge in [0.25, 0.3) is 0 Å². The molecule has 0 N–H and O–H groups in total. The van der Waals surface area contributed by atoms with Crippen molar-refractivity contribution in [2.75, 3.05) is 6.54 Å². The molecule has 0 amide bonds. The van der Waals surface area contributed by atoms with Crippen molar-refractivity contribution in [2.24, 2.45) is 0 Å². The summed E-state index contributed by atoms with van der Waals surface area (Å²) >= 11 is 0. The lowest BCUT2D eigenvalue weighted by molar-refractivity contribution is 0.230. The molecule has 1 saturated heterocycles. The molecule has 0 saturated carbocycles. The summed E-state index contributed by atoms with van der Waals surface area (Å²) in [5.41, 5.74) is 4.17. The van der Waals surface area contributed by atoms with E-state index in [0.29, 0.717) is 6.04 Å². The molecular formula is C15H19N. The Morgan fingerprint density at radius 1 is 1.31 bits per heavy atom. The minimum atomic E-state index is 0.429. The molecule has 0 aromatic heterocycles. The maximum absolute atomic E-state index is 5.60. The maximum atomic E-state index is 5.60. The highest BCUT2D eigenvalue weighted by molar-refractivity contribution is 5.36. The Labute approximate surface area is 98.5 Å². The van der Waals surface area contributed by atoms with Gasteiger partial charge in [-0.3, -0.25) is 0 Å². The van der Waals surface area contributed by atoms with E-state index >= 15 is 0 Å². The zero-order valence-electron chi connectivity index (χ0n) is 10.2. The van der Waals surface area contributed by atoms with Crippen molar-refractivity contribution in [3.8, 4) is 12.5 Å². The molecular weight excluding hydrogens is 194 g/mol. The molecule has 1 nitrogen and oxygen atoms in total. The van der Waals surface area contributed by atoms with Crippen LogP contribution in [0, 0.1) is 26.3 Å². The SMILES string of the molecule is C#CN1CCCCC1c1cccc(C)c1C. The number of nitrogens with zero attached hydrogens (tertiary/aromatic N) is 1. The van der Waals surface area contributed by atoms with Gasteiger partial charge in [0.1, 0.15) is 0 Å². The average molecular weight is 213 g/mol. The van der Waals surface area contributed by atoms with E-state index in [4.69, 9.17) is 6.42 Å². The van der Waals surface area contributed by atoms with Gasteiger partial charge in [-0.1, -0.05) is 24.6 Å². The van der Waals surface area contributed by atoms with Crippen LogP contribution in [0.15, 0.2) is 18.2 Å². The van der Waals surface area contributed by atoms with E-state index in [1.54, 1.807) is 0 Å². The highest BCUT2D eigenvalue weighted by atomic mass is 15.1. The van der Waals surface area contributed by atoms with E-state index in [2.05, 4.69) is 43.0 Å². The van der Waals surface area contributed by atoms with E-state index in [0.717, 1.165) is 6.54 Å². The first-order chi connectivity index (χ1) is 7.74. The summed E-state index contributed by atoms with van der Waals surface area (Å²) in [6.07, 6.45) is 9.30. The Morgan fingerprint density at radius 3 is 2.88 bits per heavy atom. The van der Waals surface area contributed by atoms with Crippen LogP contribution in [0.5, 0.6) is 0 Å². The number of terminal acetylenes is 1. The van der Waals surface area contributed by atoms with Crippen molar-refractivity contribution in [1.82, 2.24) is 4.90 Å². The van der Waals surface area contributed by atoms with Crippen molar-refractivity contribution in [3.63, 3.8) is 0 Å². The summed E-state index contributed by atoms with van der Waals surface area (Å²) in [7, 11) is 0. The summed E-state index contributed by atoms with van der Waals surface area (Å²) in [5, 5.41) is 0. The fourth-order valence-electron chi connectivity index (χ4n) is 2.54. The number of benzene rings is 1. The fourth-order valence-corrected chi connectivity index (χ4v) is 2.54. The first-order valence-corrected chi connectivity index (χ1v) is 6.03. The molecule has 1 atom stereocenters. The number of piperidine rings is 1. The summed E-state index contributed by atoms with van der Waals surface area (Å²) in [4.78, 5) is 2.16. The van der Waals surface area contributed by atoms with E-state index in [1.165, 1.54) is 36.0 Å². The molecule has 0 bridgehead atoms. The summed E-state index contributed by atoms with van der Waals surface area (Å²) < 4.78 is 0. The van der Waals surface area contributed by atoms with Gasteiger partial charge in [0.15, 0.2) is 0 Å². The minimum absolute atomic E-state index is 0.429. The van der Waals surface area contributed by atoms with E-state index in [9.17, 15) is 0 Å². The lowest BCUT2D eigenvalue weighted by atomic mass is 9.91. The second kappa shape index (κ2) is 4.61. The molecule has 1 fully saturated rings. The Kier molecular flexibility index (Phi) is 3.19. The molecule has 0 radical (unpaired) electrons. The number of rotatable bonds is 1. The summed E-state index contributed by atoms with van der Waals surface area (Å²) in [6.45, 7) is 5.41. The largest absolute Gasteiger partial charge is 0.325 e. The average Bonchev–Trinajstić information content (AvgIpc) is 2.33. The van der Waals surface area contributed by atoms with Crippen LogP contribution in [0.4, 0.5) is 0 Å². The molecule has 1 aliphatic rings. The Balaban J connectivity index is 2.35. The number of aryl methyl sites for hydroxylation is 1. The van der Waals surface area contributed by atoms with E-state index < -0.39 is 0 Å². The number of hydrogen-bond acceptors (Lipinski definition) is 1. The second-order valence-corrected chi connectivity index (χ2v) is 4.62. The predicted molar refractivity (Wildman–Crippen MR) is 68.0 cm³/mol. The monoisotopic (exact) mass is 213 g/mol. The first-order valence-electron chi connectivity index (χ1n) is 6.03. The number of hydrogen-bond donors (Lipinski definition) is 0. The van der Waals surface area contributed by atoms with Gasteiger partial charge in [-0.15, -0.1) is 0 Å².